The highest BCUT2D eigenvalue weighted by molar-refractivity contribution is 5.96. The van der Waals surface area contributed by atoms with E-state index in [1.807, 2.05) is 30.3 Å². The molecule has 1 saturated heterocycles. The molecule has 0 radical (unpaired) electrons. The second-order valence-corrected chi connectivity index (χ2v) is 8.01. The molecule has 0 saturated carbocycles. The molecule has 1 aliphatic heterocycles. The predicted octanol–water partition coefficient (Wildman–Crippen LogP) is 1.68. The molecule has 36 heavy (non-hydrogen) atoms. The van der Waals surface area contributed by atoms with Gasteiger partial charge in [-0.15, -0.1) is 10.2 Å². The van der Waals surface area contributed by atoms with Crippen LogP contribution in [0.25, 0.3) is 0 Å². The van der Waals surface area contributed by atoms with E-state index in [2.05, 4.69) is 37.5 Å². The van der Waals surface area contributed by atoms with Crippen LogP contribution in [-0.2, 0) is 16.1 Å². The lowest BCUT2D eigenvalue weighted by atomic mass is 10.1. The summed E-state index contributed by atoms with van der Waals surface area (Å²) in [4.78, 5) is 42.1. The number of carbonyl (C=O) groups excluding carboxylic acids is 3. The first-order chi connectivity index (χ1) is 17.4. The molecule has 0 spiro atoms. The summed E-state index contributed by atoms with van der Waals surface area (Å²) in [7, 11) is 0. The number of nitrogens with zero attached hydrogens (tertiary/aromatic N) is 6. The molecule has 1 aliphatic rings. The van der Waals surface area contributed by atoms with Crippen LogP contribution in [0.5, 0.6) is 0 Å². The van der Waals surface area contributed by atoms with Gasteiger partial charge in [-0.2, -0.15) is 14.8 Å². The Bertz CT molecular complexity index is 1260. The molecule has 1 fully saturated rings. The monoisotopic (exact) mass is 491 g/mol. The number of carbonyl (C=O) groups is 3. The summed E-state index contributed by atoms with van der Waals surface area (Å²) in [5, 5.41) is 17.8. The zero-order valence-electron chi connectivity index (χ0n) is 19.3. The third kappa shape index (κ3) is 6.00. The van der Waals surface area contributed by atoms with E-state index in [0.29, 0.717) is 18.8 Å². The fourth-order valence-corrected chi connectivity index (χ4v) is 3.66. The van der Waals surface area contributed by atoms with Gasteiger partial charge in [0.1, 0.15) is 6.61 Å². The van der Waals surface area contributed by atoms with E-state index in [9.17, 15) is 14.4 Å². The predicted molar refractivity (Wildman–Crippen MR) is 129 cm³/mol. The average molecular weight is 492 g/mol. The Labute approximate surface area is 206 Å². The Morgan fingerprint density at radius 3 is 2.78 bits per heavy atom. The number of benzene rings is 1. The molecule has 13 nitrogen and oxygen atoms in total. The smallest absolute Gasteiger partial charge is 0.435 e. The average Bonchev–Trinajstić information content (AvgIpc) is 3.36. The second kappa shape index (κ2) is 11.1. The summed E-state index contributed by atoms with van der Waals surface area (Å²) in [6.07, 6.45) is 4.94. The molecule has 0 unspecified atom stereocenters. The summed E-state index contributed by atoms with van der Waals surface area (Å²) in [5.74, 6) is -0.799. The summed E-state index contributed by atoms with van der Waals surface area (Å²) >= 11 is 0. The van der Waals surface area contributed by atoms with Gasteiger partial charge in [0.2, 0.25) is 11.9 Å². The van der Waals surface area contributed by atoms with E-state index >= 15 is 0 Å². The quantitative estimate of drug-likeness (QED) is 0.394. The Balaban J connectivity index is 1.44. The van der Waals surface area contributed by atoms with Gasteiger partial charge in [0.25, 0.3) is 5.91 Å². The van der Waals surface area contributed by atoms with Crippen LogP contribution in [0.15, 0.2) is 55.4 Å². The van der Waals surface area contributed by atoms with Gasteiger partial charge in [0.05, 0.1) is 18.1 Å². The first-order valence-electron chi connectivity index (χ1n) is 11.2. The summed E-state index contributed by atoms with van der Waals surface area (Å²) in [5.41, 5.74) is 6.43. The zero-order valence-corrected chi connectivity index (χ0v) is 19.3. The van der Waals surface area contributed by atoms with Crippen LogP contribution >= 0.6 is 0 Å². The fourth-order valence-electron chi connectivity index (χ4n) is 3.66. The van der Waals surface area contributed by atoms with Crippen molar-refractivity contribution in [3.8, 4) is 0 Å². The second-order valence-electron chi connectivity index (χ2n) is 8.01. The first-order valence-corrected chi connectivity index (χ1v) is 11.2. The van der Waals surface area contributed by atoms with Crippen LogP contribution in [-0.4, -0.2) is 66.9 Å². The number of aromatic nitrogens is 5. The largest absolute Gasteiger partial charge is 0.443 e. The lowest BCUT2D eigenvalue weighted by Crippen LogP contribution is -2.44. The molecule has 186 valence electrons. The van der Waals surface area contributed by atoms with Crippen LogP contribution < -0.4 is 16.4 Å². The first kappa shape index (κ1) is 24.3. The molecule has 2 aromatic heterocycles. The van der Waals surface area contributed by atoms with Crippen molar-refractivity contribution in [1.29, 1.82) is 0 Å². The number of hydrogen-bond acceptors (Lipinski definition) is 10. The third-order valence-electron chi connectivity index (χ3n) is 5.40. The molecule has 1 aromatic carbocycles. The number of primary amides is 1. The highest BCUT2D eigenvalue weighted by Crippen LogP contribution is 2.20. The van der Waals surface area contributed by atoms with Crippen molar-refractivity contribution in [3.63, 3.8) is 0 Å². The van der Waals surface area contributed by atoms with Crippen molar-refractivity contribution in [2.45, 2.75) is 25.5 Å². The Morgan fingerprint density at radius 2 is 2.03 bits per heavy atom. The Kier molecular flexibility index (Phi) is 7.48. The molecule has 4 N–H and O–H groups in total. The number of anilines is 3. The van der Waals surface area contributed by atoms with Crippen molar-refractivity contribution in [2.24, 2.45) is 5.73 Å². The number of ether oxygens (including phenoxy) is 1. The molecule has 4 rings (SSSR count). The van der Waals surface area contributed by atoms with Gasteiger partial charge in [-0.05, 0) is 24.5 Å². The van der Waals surface area contributed by atoms with Crippen molar-refractivity contribution in [2.75, 3.05) is 23.7 Å². The SMILES string of the molecule is C=CC(=O)N1CCC[C@@H](Nc2nnc(C(N)=O)c(Nc3cnn(C(=O)OCc4ccccc4)c3)n2)C1. The maximum absolute atomic E-state index is 12.3. The minimum Gasteiger partial charge on any atom is -0.443 e. The summed E-state index contributed by atoms with van der Waals surface area (Å²) in [6, 6.07) is 9.13. The summed E-state index contributed by atoms with van der Waals surface area (Å²) in [6.45, 7) is 4.72. The Hall–Kier alpha value is -4.81. The molecule has 13 heteroatoms. The lowest BCUT2D eigenvalue weighted by Gasteiger charge is -2.32. The van der Waals surface area contributed by atoms with Crippen LogP contribution in [0.1, 0.15) is 28.9 Å². The van der Waals surface area contributed by atoms with Crippen molar-refractivity contribution in [1.82, 2.24) is 29.9 Å². The van der Waals surface area contributed by atoms with Gasteiger partial charge >= 0.3 is 6.09 Å². The molecule has 2 amide bonds. The number of amides is 2. The number of likely N-dealkylation sites (tertiary alicyclic amines) is 1. The molecule has 3 aromatic rings. The van der Waals surface area contributed by atoms with Crippen LogP contribution in [0.4, 0.5) is 22.2 Å². The molecule has 1 atom stereocenters. The van der Waals surface area contributed by atoms with Crippen molar-refractivity contribution in [3.05, 3.63) is 66.6 Å². The van der Waals surface area contributed by atoms with Crippen LogP contribution in [0.3, 0.4) is 0 Å². The van der Waals surface area contributed by atoms with Gasteiger partial charge in [0.15, 0.2) is 11.5 Å². The maximum atomic E-state index is 12.3. The number of piperidine rings is 1. The third-order valence-corrected chi connectivity index (χ3v) is 5.40. The lowest BCUT2D eigenvalue weighted by molar-refractivity contribution is -0.127. The normalized spacial score (nSPS) is 15.1. The highest BCUT2D eigenvalue weighted by atomic mass is 16.6. The molecular weight excluding hydrogens is 466 g/mol. The Morgan fingerprint density at radius 1 is 1.22 bits per heavy atom. The number of rotatable bonds is 8. The number of hydrogen-bond donors (Lipinski definition) is 3. The highest BCUT2D eigenvalue weighted by Gasteiger charge is 2.24. The van der Waals surface area contributed by atoms with E-state index < -0.39 is 12.0 Å². The van der Waals surface area contributed by atoms with Crippen molar-refractivity contribution < 1.29 is 19.1 Å². The van der Waals surface area contributed by atoms with Crippen molar-refractivity contribution >= 4 is 35.4 Å². The molecule has 3 heterocycles. The topological polar surface area (TPSA) is 170 Å². The number of nitrogens with one attached hydrogen (secondary N) is 2. The minimum atomic E-state index is -0.834. The summed E-state index contributed by atoms with van der Waals surface area (Å²) < 4.78 is 6.26. The van der Waals surface area contributed by atoms with Crippen LogP contribution in [0.2, 0.25) is 0 Å². The van der Waals surface area contributed by atoms with Gasteiger partial charge in [-0.25, -0.2) is 4.79 Å². The van der Waals surface area contributed by atoms with E-state index in [1.54, 1.807) is 4.90 Å². The molecular formula is C23H25N9O4. The van der Waals surface area contributed by atoms with E-state index in [1.165, 1.54) is 18.5 Å². The van der Waals surface area contributed by atoms with Gasteiger partial charge in [-0.1, -0.05) is 36.9 Å². The van der Waals surface area contributed by atoms with Gasteiger partial charge in [-0.3, -0.25) is 9.59 Å². The molecule has 0 bridgehead atoms. The fraction of sp³-hybridized carbons (Fsp3) is 0.261. The van der Waals surface area contributed by atoms with Gasteiger partial charge < -0.3 is 26.0 Å². The zero-order chi connectivity index (χ0) is 25.5. The minimum absolute atomic E-state index is 0.0343. The maximum Gasteiger partial charge on any atom is 0.435 e. The van der Waals surface area contributed by atoms with E-state index in [4.69, 9.17) is 10.5 Å². The standard InChI is InChI=1S/C23H25N9O4/c1-2-18(33)31-10-6-9-16(12-31)27-22-28-21(19(20(24)34)29-30-22)26-17-11-25-32(13-17)23(35)36-14-15-7-4-3-5-8-15/h2-5,7-8,11,13,16H,1,6,9-10,12,14H2,(H2,24,34)(H2,26,27,28,30)/t16-/m1/s1. The van der Waals surface area contributed by atoms with Gasteiger partial charge in [0, 0.05) is 19.1 Å². The number of nitrogens with two attached hydrogens (primary N) is 1. The van der Waals surface area contributed by atoms with Crippen LogP contribution in [0, 0.1) is 0 Å². The van der Waals surface area contributed by atoms with E-state index in [-0.39, 0.29) is 36.0 Å². The van der Waals surface area contributed by atoms with E-state index in [0.717, 1.165) is 23.1 Å². The molecule has 0 aliphatic carbocycles.